The second-order valence-electron chi connectivity index (χ2n) is 20.2. The monoisotopic (exact) mass is 746 g/mol. The summed E-state index contributed by atoms with van der Waals surface area (Å²) in [7, 11) is -3.05. The molecule has 0 aromatic heterocycles. The highest BCUT2D eigenvalue weighted by molar-refractivity contribution is 7.91. The summed E-state index contributed by atoms with van der Waals surface area (Å²) in [4.78, 5) is 26.0. The average molecular weight is 747 g/mol. The van der Waals surface area contributed by atoms with Crippen LogP contribution in [0.1, 0.15) is 136 Å². The quantitative estimate of drug-likeness (QED) is 0.230. The molecule has 6 aliphatic rings. The number of carbonyl (C=O) groups excluding carboxylic acids is 1. The summed E-state index contributed by atoms with van der Waals surface area (Å²) in [6.45, 7) is 23.6. The van der Waals surface area contributed by atoms with Gasteiger partial charge in [-0.3, -0.25) is 4.79 Å². The molecule has 0 bridgehead atoms. The van der Waals surface area contributed by atoms with Gasteiger partial charge in [-0.1, -0.05) is 78.8 Å². The molecule has 3 N–H and O–H groups in total. The van der Waals surface area contributed by atoms with Gasteiger partial charge >= 0.3 is 5.97 Å². The number of carboxylic acids is 1. The Morgan fingerprint density at radius 2 is 1.58 bits per heavy atom. The molecule has 53 heavy (non-hydrogen) atoms. The summed E-state index contributed by atoms with van der Waals surface area (Å²) < 4.78 is 24.6. The molecule has 1 aromatic rings. The zero-order valence-electron chi connectivity index (χ0n) is 33.7. The minimum absolute atomic E-state index is 0.0387. The first-order chi connectivity index (χ1) is 24.7. The lowest BCUT2D eigenvalue weighted by Crippen LogP contribution is -2.69. The number of hydrogen-bond acceptors (Lipinski definition) is 5. The van der Waals surface area contributed by atoms with Crippen molar-refractivity contribution in [1.29, 1.82) is 0 Å². The average Bonchev–Trinajstić information content (AvgIpc) is 3.63. The predicted molar refractivity (Wildman–Crippen MR) is 213 cm³/mol. The number of amides is 1. The van der Waals surface area contributed by atoms with Crippen molar-refractivity contribution in [2.75, 3.05) is 11.5 Å². The fraction of sp³-hybridized carbons (Fsp3) is 0.733. The van der Waals surface area contributed by atoms with Crippen LogP contribution in [0.15, 0.2) is 42.5 Å². The molecule has 1 aliphatic heterocycles. The number of carboxylic acid groups (broad SMARTS) is 1. The van der Waals surface area contributed by atoms with E-state index in [4.69, 9.17) is 0 Å². The number of fused-ring (bicyclic) bond motifs is 7. The molecule has 7 rings (SSSR count). The van der Waals surface area contributed by atoms with Crippen molar-refractivity contribution < 1.29 is 23.1 Å². The summed E-state index contributed by atoms with van der Waals surface area (Å²) >= 11 is 0. The van der Waals surface area contributed by atoms with Gasteiger partial charge in [0.25, 0.3) is 0 Å². The van der Waals surface area contributed by atoms with Gasteiger partial charge in [0, 0.05) is 11.6 Å². The van der Waals surface area contributed by atoms with Crippen LogP contribution in [0.4, 0.5) is 0 Å². The van der Waals surface area contributed by atoms with Crippen molar-refractivity contribution in [3.8, 4) is 0 Å². The highest BCUT2D eigenvalue weighted by atomic mass is 32.2. The highest BCUT2D eigenvalue weighted by Gasteiger charge is 2.70. The molecule has 11 atom stereocenters. The zero-order chi connectivity index (χ0) is 38.5. The molecular formula is C45H66N2O5S. The standard InChI is InChI=1S/C45H66N2O5S/c1-27(2)32-16-22-45(47-39(48)38(28(3)4)46-31-19-25-53(51,52)26-31)24-23-43(8)34(37(32)45)14-15-36-42(7)20-17-33(29-10-12-30(13-11-29)40(49)50)41(5,6)35(42)18-21-44(36,43)9/h10-13,17,28,31-32,34-38,46H,1,14-16,18-26H2,2-9H3,(H,47,48)(H,49,50)/t31?,32-,34+,35?,36?,37?,38?,42-,43+,44+,45-/m0/s1. The maximum Gasteiger partial charge on any atom is 0.335 e. The number of benzene rings is 1. The Kier molecular flexibility index (Phi) is 9.57. The van der Waals surface area contributed by atoms with E-state index in [2.05, 4.69) is 78.7 Å². The smallest absolute Gasteiger partial charge is 0.335 e. The van der Waals surface area contributed by atoms with Crippen molar-refractivity contribution >= 4 is 27.3 Å². The van der Waals surface area contributed by atoms with Gasteiger partial charge in [-0.2, -0.15) is 0 Å². The van der Waals surface area contributed by atoms with E-state index in [0.717, 1.165) is 37.7 Å². The van der Waals surface area contributed by atoms with E-state index >= 15 is 0 Å². The van der Waals surface area contributed by atoms with Gasteiger partial charge in [-0.15, -0.1) is 0 Å². The summed E-state index contributed by atoms with van der Waals surface area (Å²) in [6, 6.07) is 6.90. The SMILES string of the molecule is C=C(C)[C@@H]1CC[C@]2(NC(=O)C(NC3CCS(=O)(=O)C3)C(C)C)CC[C@]3(C)[C@H](CCC4[C@@]5(C)CC=C(c6ccc(C(=O)O)cc6)C(C)(C)C5CC[C@]43C)C12. The van der Waals surface area contributed by atoms with E-state index in [1.165, 1.54) is 36.8 Å². The van der Waals surface area contributed by atoms with Gasteiger partial charge in [0.15, 0.2) is 9.84 Å². The van der Waals surface area contributed by atoms with Crippen molar-refractivity contribution in [2.24, 2.45) is 57.2 Å². The van der Waals surface area contributed by atoms with Crippen molar-refractivity contribution in [2.45, 2.75) is 137 Å². The largest absolute Gasteiger partial charge is 0.478 e. The van der Waals surface area contributed by atoms with Crippen molar-refractivity contribution in [1.82, 2.24) is 10.6 Å². The second kappa shape index (κ2) is 13.1. The maximum absolute atomic E-state index is 14.4. The molecule has 1 amide bonds. The molecule has 0 spiro atoms. The van der Waals surface area contributed by atoms with E-state index in [0.29, 0.717) is 41.6 Å². The topological polar surface area (TPSA) is 113 Å². The predicted octanol–water partition coefficient (Wildman–Crippen LogP) is 8.71. The Balaban J connectivity index is 1.18. The van der Waals surface area contributed by atoms with Gasteiger partial charge in [0.1, 0.15) is 0 Å². The Morgan fingerprint density at radius 1 is 0.887 bits per heavy atom. The van der Waals surface area contributed by atoms with Crippen LogP contribution in [0.2, 0.25) is 0 Å². The minimum Gasteiger partial charge on any atom is -0.478 e. The first kappa shape index (κ1) is 38.8. The van der Waals surface area contributed by atoms with Gasteiger partial charge in [0.05, 0.1) is 23.1 Å². The van der Waals surface area contributed by atoms with Crippen LogP contribution in [0.3, 0.4) is 0 Å². The van der Waals surface area contributed by atoms with Crippen LogP contribution >= 0.6 is 0 Å². The van der Waals surface area contributed by atoms with Crippen LogP contribution in [-0.4, -0.2) is 54.5 Å². The Bertz CT molecular complexity index is 1800. The summed E-state index contributed by atoms with van der Waals surface area (Å²) in [5.41, 5.74) is 4.23. The van der Waals surface area contributed by atoms with Crippen LogP contribution in [-0.2, 0) is 14.6 Å². The first-order valence-corrected chi connectivity index (χ1v) is 22.5. The molecular weight excluding hydrogens is 681 g/mol. The fourth-order valence-corrected chi connectivity index (χ4v) is 16.0. The normalized spacial score (nSPS) is 41.6. The molecule has 4 saturated carbocycles. The Hall–Kier alpha value is -2.45. The van der Waals surface area contributed by atoms with Crippen LogP contribution in [0, 0.1) is 57.2 Å². The third-order valence-corrected chi connectivity index (χ3v) is 18.8. The van der Waals surface area contributed by atoms with Crippen molar-refractivity contribution in [3.63, 3.8) is 0 Å². The molecule has 5 aliphatic carbocycles. The number of allylic oxidation sites excluding steroid dienone is 3. The van der Waals surface area contributed by atoms with E-state index in [1.54, 1.807) is 12.1 Å². The molecule has 0 radical (unpaired) electrons. The number of aromatic carboxylic acids is 1. The molecule has 292 valence electrons. The molecule has 7 nitrogen and oxygen atoms in total. The lowest BCUT2D eigenvalue weighted by Gasteiger charge is -2.72. The van der Waals surface area contributed by atoms with Crippen LogP contribution in [0.5, 0.6) is 0 Å². The lowest BCUT2D eigenvalue weighted by atomic mass is 9.33. The fourth-order valence-electron chi connectivity index (χ4n) is 14.3. The third kappa shape index (κ3) is 6.01. The summed E-state index contributed by atoms with van der Waals surface area (Å²) in [5, 5.41) is 16.8. The first-order valence-electron chi connectivity index (χ1n) is 20.7. The molecule has 1 heterocycles. The number of carbonyl (C=O) groups is 2. The van der Waals surface area contributed by atoms with Crippen molar-refractivity contribution in [3.05, 3.63) is 53.6 Å². The van der Waals surface area contributed by atoms with Crippen LogP contribution < -0.4 is 10.6 Å². The highest BCUT2D eigenvalue weighted by Crippen LogP contribution is 2.76. The molecule has 8 heteroatoms. The van der Waals surface area contributed by atoms with Gasteiger partial charge in [-0.05, 0) is 152 Å². The van der Waals surface area contributed by atoms with Gasteiger partial charge < -0.3 is 15.7 Å². The van der Waals surface area contributed by atoms with E-state index in [9.17, 15) is 23.1 Å². The second-order valence-corrected chi connectivity index (χ2v) is 22.5. The molecule has 5 fully saturated rings. The number of rotatable bonds is 8. The van der Waals surface area contributed by atoms with Gasteiger partial charge in [0.2, 0.25) is 5.91 Å². The Morgan fingerprint density at radius 3 is 2.19 bits per heavy atom. The van der Waals surface area contributed by atoms with E-state index in [-0.39, 0.29) is 56.6 Å². The van der Waals surface area contributed by atoms with E-state index < -0.39 is 21.8 Å². The number of sulfone groups is 1. The van der Waals surface area contributed by atoms with Gasteiger partial charge in [-0.25, -0.2) is 13.2 Å². The number of nitrogens with one attached hydrogen (secondary N) is 2. The molecule has 5 unspecified atom stereocenters. The Labute approximate surface area is 319 Å². The zero-order valence-corrected chi connectivity index (χ0v) is 34.5. The lowest BCUT2D eigenvalue weighted by molar-refractivity contribution is -0.219. The van der Waals surface area contributed by atoms with Crippen LogP contribution in [0.25, 0.3) is 5.57 Å². The minimum atomic E-state index is -3.05. The molecule has 1 aromatic carbocycles. The summed E-state index contributed by atoms with van der Waals surface area (Å²) in [5.74, 6) is 1.83. The maximum atomic E-state index is 14.4. The number of hydrogen-bond donors (Lipinski definition) is 3. The molecule has 1 saturated heterocycles. The summed E-state index contributed by atoms with van der Waals surface area (Å²) in [6.07, 6.45) is 13.0. The third-order valence-electron chi connectivity index (χ3n) is 17.1. The van der Waals surface area contributed by atoms with E-state index in [1.807, 2.05) is 12.1 Å².